The van der Waals surface area contributed by atoms with E-state index in [9.17, 15) is 4.79 Å². The van der Waals surface area contributed by atoms with Crippen molar-refractivity contribution in [2.75, 3.05) is 0 Å². The van der Waals surface area contributed by atoms with Crippen molar-refractivity contribution in [3.8, 4) is 0 Å². The maximum absolute atomic E-state index is 11.2. The summed E-state index contributed by atoms with van der Waals surface area (Å²) >= 11 is 6.28. The zero-order chi connectivity index (χ0) is 15.0. The first-order valence-electron chi connectivity index (χ1n) is 7.19. The lowest BCUT2D eigenvalue weighted by Crippen LogP contribution is -2.12. The van der Waals surface area contributed by atoms with Crippen LogP contribution in [0.2, 0.25) is 5.02 Å². The van der Waals surface area contributed by atoms with Gasteiger partial charge in [-0.15, -0.1) is 0 Å². The van der Waals surface area contributed by atoms with Crippen LogP contribution in [0.25, 0.3) is 0 Å². The van der Waals surface area contributed by atoms with Crippen molar-refractivity contribution in [1.29, 1.82) is 0 Å². The van der Waals surface area contributed by atoms with Gasteiger partial charge in [-0.1, -0.05) is 17.7 Å². The molecule has 110 valence electrons. The van der Waals surface area contributed by atoms with E-state index in [-0.39, 0.29) is 0 Å². The van der Waals surface area contributed by atoms with E-state index in [4.69, 9.17) is 17.3 Å². The average Bonchev–Trinajstić information content (AvgIpc) is 2.77. The topological polar surface area (TPSA) is 60.9 Å². The van der Waals surface area contributed by atoms with Crippen LogP contribution in [0.3, 0.4) is 0 Å². The molecule has 1 aliphatic rings. The van der Waals surface area contributed by atoms with E-state index >= 15 is 0 Å². The van der Waals surface area contributed by atoms with Gasteiger partial charge in [0.15, 0.2) is 0 Å². The molecule has 0 fully saturated rings. The molecule has 4 nitrogen and oxygen atoms in total. The van der Waals surface area contributed by atoms with Gasteiger partial charge in [0.05, 0.1) is 12.2 Å². The molecule has 0 saturated carbocycles. The van der Waals surface area contributed by atoms with Gasteiger partial charge in [-0.3, -0.25) is 4.79 Å². The van der Waals surface area contributed by atoms with Crippen LogP contribution in [-0.4, -0.2) is 15.5 Å². The largest absolute Gasteiger partial charge is 0.366 e. The molecule has 0 unspecified atom stereocenters. The minimum atomic E-state index is -0.459. The minimum Gasteiger partial charge on any atom is -0.366 e. The second kappa shape index (κ2) is 5.53. The van der Waals surface area contributed by atoms with Gasteiger partial charge in [-0.25, -0.2) is 4.98 Å². The molecule has 2 aromatic rings. The summed E-state index contributed by atoms with van der Waals surface area (Å²) in [5.74, 6) is 0.566. The molecule has 1 heterocycles. The second-order valence-electron chi connectivity index (χ2n) is 5.52. The maximum atomic E-state index is 11.2. The molecule has 21 heavy (non-hydrogen) atoms. The number of hydrogen-bond acceptors (Lipinski definition) is 2. The number of rotatable bonds is 3. The lowest BCUT2D eigenvalue weighted by Gasteiger charge is -2.15. The molecular formula is C16H18ClN3O. The number of nitrogens with two attached hydrogens (primary N) is 1. The van der Waals surface area contributed by atoms with Crippen molar-refractivity contribution in [3.05, 3.63) is 51.6 Å². The number of halogens is 1. The summed E-state index contributed by atoms with van der Waals surface area (Å²) in [6, 6.07) is 5.23. The van der Waals surface area contributed by atoms with Crippen LogP contribution in [0.1, 0.15) is 46.0 Å². The highest BCUT2D eigenvalue weighted by molar-refractivity contribution is 6.31. The molecule has 1 aliphatic carbocycles. The van der Waals surface area contributed by atoms with E-state index in [0.29, 0.717) is 17.1 Å². The molecule has 0 radical (unpaired) electrons. The Balaban J connectivity index is 1.94. The number of benzene rings is 1. The number of carbonyl (C=O) groups excluding carboxylic acids is 1. The smallest absolute Gasteiger partial charge is 0.248 e. The number of imidazole rings is 1. The predicted octanol–water partition coefficient (Wildman–Crippen LogP) is 2.87. The summed E-state index contributed by atoms with van der Waals surface area (Å²) in [5.41, 5.74) is 9.24. The fourth-order valence-corrected chi connectivity index (χ4v) is 3.18. The Morgan fingerprint density at radius 1 is 1.38 bits per heavy atom. The van der Waals surface area contributed by atoms with Gasteiger partial charge >= 0.3 is 0 Å². The Bertz CT molecular complexity index is 706. The highest BCUT2D eigenvalue weighted by Gasteiger charge is 2.18. The Morgan fingerprint density at radius 2 is 2.14 bits per heavy atom. The molecule has 0 bridgehead atoms. The number of primary amides is 1. The fourth-order valence-electron chi connectivity index (χ4n) is 2.94. The van der Waals surface area contributed by atoms with Crippen molar-refractivity contribution in [1.82, 2.24) is 9.55 Å². The molecule has 0 aliphatic heterocycles. The van der Waals surface area contributed by atoms with Crippen molar-refractivity contribution in [2.24, 2.45) is 5.73 Å². The standard InChI is InChI=1S/C16H18ClN3O/c1-10-19-14-4-2-3-5-15(14)20(10)9-12-7-6-11(16(18)21)8-13(12)17/h6-8H,2-5,9H2,1H3,(H2,18,21). The van der Waals surface area contributed by atoms with Gasteiger partial charge < -0.3 is 10.3 Å². The first kappa shape index (κ1) is 14.1. The van der Waals surface area contributed by atoms with E-state index in [1.54, 1.807) is 12.1 Å². The zero-order valence-electron chi connectivity index (χ0n) is 12.0. The Labute approximate surface area is 128 Å². The molecule has 0 saturated heterocycles. The molecule has 0 spiro atoms. The maximum Gasteiger partial charge on any atom is 0.248 e. The third-order valence-corrected chi connectivity index (χ3v) is 4.44. The number of amides is 1. The van der Waals surface area contributed by atoms with E-state index < -0.39 is 5.91 Å². The fraction of sp³-hybridized carbons (Fsp3) is 0.375. The lowest BCUT2D eigenvalue weighted by molar-refractivity contribution is 0.100. The van der Waals surface area contributed by atoms with Crippen molar-refractivity contribution in [2.45, 2.75) is 39.2 Å². The van der Waals surface area contributed by atoms with Crippen LogP contribution in [-0.2, 0) is 19.4 Å². The number of aryl methyl sites for hydroxylation is 2. The van der Waals surface area contributed by atoms with Crippen LogP contribution in [0, 0.1) is 6.92 Å². The normalized spacial score (nSPS) is 14.0. The van der Waals surface area contributed by atoms with Gasteiger partial charge in [-0.2, -0.15) is 0 Å². The molecule has 2 N–H and O–H groups in total. The van der Waals surface area contributed by atoms with E-state index in [2.05, 4.69) is 9.55 Å². The average molecular weight is 304 g/mol. The third kappa shape index (κ3) is 2.68. The van der Waals surface area contributed by atoms with Gasteiger partial charge in [0, 0.05) is 16.3 Å². The predicted molar refractivity (Wildman–Crippen MR) is 82.7 cm³/mol. The van der Waals surface area contributed by atoms with Crippen molar-refractivity contribution in [3.63, 3.8) is 0 Å². The zero-order valence-corrected chi connectivity index (χ0v) is 12.8. The molecule has 3 rings (SSSR count). The van der Waals surface area contributed by atoms with E-state index in [1.165, 1.54) is 24.2 Å². The monoisotopic (exact) mass is 303 g/mol. The lowest BCUT2D eigenvalue weighted by atomic mass is 10.0. The highest BCUT2D eigenvalue weighted by Crippen LogP contribution is 2.25. The van der Waals surface area contributed by atoms with Gasteiger partial charge in [0.25, 0.3) is 0 Å². The quantitative estimate of drug-likeness (QED) is 0.947. The highest BCUT2D eigenvalue weighted by atomic mass is 35.5. The first-order valence-corrected chi connectivity index (χ1v) is 7.57. The summed E-state index contributed by atoms with van der Waals surface area (Å²) in [6.45, 7) is 2.72. The second-order valence-corrected chi connectivity index (χ2v) is 5.92. The Hall–Kier alpha value is -1.81. The van der Waals surface area contributed by atoms with Crippen LogP contribution < -0.4 is 5.73 Å². The third-order valence-electron chi connectivity index (χ3n) is 4.09. The summed E-state index contributed by atoms with van der Waals surface area (Å²) in [5, 5.41) is 0.573. The van der Waals surface area contributed by atoms with Gasteiger partial charge in [-0.05, 0) is 50.3 Å². The molecule has 1 amide bonds. The minimum absolute atomic E-state index is 0.438. The Morgan fingerprint density at radius 3 is 2.86 bits per heavy atom. The number of aromatic nitrogens is 2. The van der Waals surface area contributed by atoms with Crippen LogP contribution >= 0.6 is 11.6 Å². The molecular weight excluding hydrogens is 286 g/mol. The first-order chi connectivity index (χ1) is 10.1. The van der Waals surface area contributed by atoms with E-state index in [0.717, 1.165) is 24.2 Å². The van der Waals surface area contributed by atoms with Gasteiger partial charge in [0.2, 0.25) is 5.91 Å². The van der Waals surface area contributed by atoms with E-state index in [1.807, 2.05) is 13.0 Å². The van der Waals surface area contributed by atoms with Crippen molar-refractivity contribution < 1.29 is 4.79 Å². The van der Waals surface area contributed by atoms with Gasteiger partial charge in [0.1, 0.15) is 5.82 Å². The Kier molecular flexibility index (Phi) is 3.72. The SMILES string of the molecule is Cc1nc2c(n1Cc1ccc(C(N)=O)cc1Cl)CCCC2. The van der Waals surface area contributed by atoms with Crippen LogP contribution in [0.15, 0.2) is 18.2 Å². The summed E-state index contributed by atoms with van der Waals surface area (Å²) < 4.78 is 2.24. The summed E-state index contributed by atoms with van der Waals surface area (Å²) in [7, 11) is 0. The molecule has 1 aromatic carbocycles. The number of nitrogens with zero attached hydrogens (tertiary/aromatic N) is 2. The number of hydrogen-bond donors (Lipinski definition) is 1. The summed E-state index contributed by atoms with van der Waals surface area (Å²) in [4.78, 5) is 15.8. The van der Waals surface area contributed by atoms with Crippen LogP contribution in [0.5, 0.6) is 0 Å². The molecule has 5 heteroatoms. The van der Waals surface area contributed by atoms with Crippen molar-refractivity contribution >= 4 is 17.5 Å². The number of carbonyl (C=O) groups is 1. The summed E-state index contributed by atoms with van der Waals surface area (Å²) in [6.07, 6.45) is 4.58. The molecule has 1 aromatic heterocycles. The number of fused-ring (bicyclic) bond motifs is 1. The molecule has 0 atom stereocenters. The van der Waals surface area contributed by atoms with Crippen LogP contribution in [0.4, 0.5) is 0 Å².